The van der Waals surface area contributed by atoms with E-state index >= 15 is 0 Å². The molecule has 90 valence electrons. The molecule has 1 unspecified atom stereocenters. The number of nitrogens with two attached hydrogens (primary N) is 1. The Kier molecular flexibility index (Phi) is 2.83. The van der Waals surface area contributed by atoms with Crippen LogP contribution in [-0.2, 0) is 7.05 Å². The van der Waals surface area contributed by atoms with E-state index in [2.05, 4.69) is 0 Å². The molecule has 0 fully saturated rings. The maximum atomic E-state index is 11.0. The average molecular weight is 235 g/mol. The monoisotopic (exact) mass is 235 g/mol. The maximum absolute atomic E-state index is 11.0. The van der Waals surface area contributed by atoms with Gasteiger partial charge in [0.15, 0.2) is 0 Å². The molecule has 0 radical (unpaired) electrons. The Morgan fingerprint density at radius 3 is 2.88 bits per heavy atom. The molecule has 0 amide bonds. The third-order valence-electron chi connectivity index (χ3n) is 2.82. The van der Waals surface area contributed by atoms with Crippen LogP contribution in [-0.4, -0.2) is 21.2 Å². The smallest absolute Gasteiger partial charge is 0.295 e. The molecule has 0 saturated heterocycles. The molecule has 0 spiro atoms. The van der Waals surface area contributed by atoms with Gasteiger partial charge in [0.05, 0.1) is 34.7 Å². The third-order valence-corrected chi connectivity index (χ3v) is 2.82. The van der Waals surface area contributed by atoms with Gasteiger partial charge in [0.25, 0.3) is 5.69 Å². The number of rotatable bonds is 3. The van der Waals surface area contributed by atoms with Gasteiger partial charge in [-0.2, -0.15) is 0 Å². The van der Waals surface area contributed by atoms with E-state index < -0.39 is 11.0 Å². The van der Waals surface area contributed by atoms with Crippen LogP contribution in [0.15, 0.2) is 24.4 Å². The summed E-state index contributed by atoms with van der Waals surface area (Å²) in [6, 6.07) is 4.66. The number of nitro groups is 1. The zero-order chi connectivity index (χ0) is 12.6. The van der Waals surface area contributed by atoms with Crippen molar-refractivity contribution in [2.24, 2.45) is 12.8 Å². The summed E-state index contributed by atoms with van der Waals surface area (Å²) in [5.41, 5.74) is 7.10. The first-order chi connectivity index (χ1) is 8.06. The van der Waals surface area contributed by atoms with Crippen LogP contribution >= 0.6 is 0 Å². The molecule has 6 heteroatoms. The molecule has 1 aromatic heterocycles. The molecule has 1 atom stereocenters. The molecule has 0 aliphatic carbocycles. The van der Waals surface area contributed by atoms with Gasteiger partial charge in [0.1, 0.15) is 0 Å². The predicted molar refractivity (Wildman–Crippen MR) is 63.6 cm³/mol. The fraction of sp³-hybridized carbons (Fsp3) is 0.273. The highest BCUT2D eigenvalue weighted by atomic mass is 16.6. The number of hydrogen-bond acceptors (Lipinski definition) is 4. The molecule has 0 aliphatic rings. The highest BCUT2D eigenvalue weighted by Crippen LogP contribution is 2.32. The Morgan fingerprint density at radius 2 is 2.29 bits per heavy atom. The first-order valence-electron chi connectivity index (χ1n) is 5.15. The molecule has 1 heterocycles. The van der Waals surface area contributed by atoms with Crippen molar-refractivity contribution in [3.63, 3.8) is 0 Å². The molecule has 0 aliphatic heterocycles. The summed E-state index contributed by atoms with van der Waals surface area (Å²) in [6.07, 6.45) is 1.46. The zero-order valence-corrected chi connectivity index (χ0v) is 9.33. The van der Waals surface area contributed by atoms with Crippen LogP contribution < -0.4 is 5.73 Å². The SMILES string of the molecule is Cn1cc([N+](=O)[O-])c2c(C(N)CO)cccc21. The number of benzene rings is 1. The van der Waals surface area contributed by atoms with Crippen molar-refractivity contribution in [1.82, 2.24) is 4.57 Å². The molecule has 2 rings (SSSR count). The molecule has 1 aromatic carbocycles. The van der Waals surface area contributed by atoms with Crippen LogP contribution in [0, 0.1) is 10.1 Å². The summed E-state index contributed by atoms with van der Waals surface area (Å²) in [5.74, 6) is 0. The van der Waals surface area contributed by atoms with E-state index in [1.165, 1.54) is 6.20 Å². The fourth-order valence-corrected chi connectivity index (χ4v) is 1.99. The van der Waals surface area contributed by atoms with Crippen molar-refractivity contribution in [3.8, 4) is 0 Å². The van der Waals surface area contributed by atoms with Crippen LogP contribution in [0.4, 0.5) is 5.69 Å². The summed E-state index contributed by atoms with van der Waals surface area (Å²) in [7, 11) is 1.74. The topological polar surface area (TPSA) is 94.3 Å². The van der Waals surface area contributed by atoms with Crippen molar-refractivity contribution in [3.05, 3.63) is 40.1 Å². The largest absolute Gasteiger partial charge is 0.394 e. The molecular weight excluding hydrogens is 222 g/mol. The molecule has 0 bridgehead atoms. The van der Waals surface area contributed by atoms with Gasteiger partial charge in [-0.1, -0.05) is 12.1 Å². The summed E-state index contributed by atoms with van der Waals surface area (Å²) in [4.78, 5) is 10.5. The van der Waals surface area contributed by atoms with E-state index in [0.717, 1.165) is 5.52 Å². The van der Waals surface area contributed by atoms with E-state index in [4.69, 9.17) is 10.8 Å². The average Bonchev–Trinajstić information content (AvgIpc) is 2.66. The van der Waals surface area contributed by atoms with Crippen molar-refractivity contribution < 1.29 is 10.0 Å². The first kappa shape index (κ1) is 11.6. The zero-order valence-electron chi connectivity index (χ0n) is 9.33. The van der Waals surface area contributed by atoms with Gasteiger partial charge in [0.2, 0.25) is 0 Å². The number of aliphatic hydroxyl groups excluding tert-OH is 1. The Labute approximate surface area is 97.4 Å². The quantitative estimate of drug-likeness (QED) is 0.614. The number of hydrogen-bond donors (Lipinski definition) is 2. The van der Waals surface area contributed by atoms with Gasteiger partial charge in [-0.25, -0.2) is 0 Å². The van der Waals surface area contributed by atoms with Crippen molar-refractivity contribution in [1.29, 1.82) is 0 Å². The van der Waals surface area contributed by atoms with Gasteiger partial charge in [0, 0.05) is 7.05 Å². The Balaban J connectivity index is 2.81. The Morgan fingerprint density at radius 1 is 1.59 bits per heavy atom. The maximum Gasteiger partial charge on any atom is 0.295 e. The lowest BCUT2D eigenvalue weighted by Gasteiger charge is -2.09. The van der Waals surface area contributed by atoms with Crippen LogP contribution in [0.3, 0.4) is 0 Å². The lowest BCUT2D eigenvalue weighted by atomic mass is 10.0. The van der Waals surface area contributed by atoms with Crippen molar-refractivity contribution in [2.45, 2.75) is 6.04 Å². The fourth-order valence-electron chi connectivity index (χ4n) is 1.99. The van der Waals surface area contributed by atoms with Crippen LogP contribution in [0.25, 0.3) is 10.9 Å². The number of aromatic nitrogens is 1. The second kappa shape index (κ2) is 4.15. The Bertz CT molecular complexity index is 577. The second-order valence-electron chi connectivity index (χ2n) is 3.91. The van der Waals surface area contributed by atoms with E-state index in [1.807, 2.05) is 0 Å². The van der Waals surface area contributed by atoms with Crippen LogP contribution in [0.2, 0.25) is 0 Å². The van der Waals surface area contributed by atoms with E-state index in [0.29, 0.717) is 10.9 Å². The summed E-state index contributed by atoms with van der Waals surface area (Å²) in [6.45, 7) is -0.245. The number of aliphatic hydroxyl groups is 1. The van der Waals surface area contributed by atoms with Gasteiger partial charge in [-0.05, 0) is 11.6 Å². The minimum Gasteiger partial charge on any atom is -0.394 e. The minimum absolute atomic E-state index is 0.0157. The summed E-state index contributed by atoms with van der Waals surface area (Å²) in [5, 5.41) is 20.6. The first-order valence-corrected chi connectivity index (χ1v) is 5.15. The van der Waals surface area contributed by atoms with Gasteiger partial charge < -0.3 is 15.4 Å². The molecule has 17 heavy (non-hydrogen) atoms. The normalized spacial score (nSPS) is 12.9. The number of aryl methyl sites for hydroxylation is 1. The lowest BCUT2D eigenvalue weighted by molar-refractivity contribution is -0.383. The highest BCUT2D eigenvalue weighted by Gasteiger charge is 2.21. The molecule has 3 N–H and O–H groups in total. The van der Waals surface area contributed by atoms with Crippen LogP contribution in [0.1, 0.15) is 11.6 Å². The Hall–Kier alpha value is -1.92. The van der Waals surface area contributed by atoms with Crippen molar-refractivity contribution in [2.75, 3.05) is 6.61 Å². The predicted octanol–water partition coefficient (Wildman–Crippen LogP) is 1.08. The van der Waals surface area contributed by atoms with E-state index in [1.54, 1.807) is 29.8 Å². The molecule has 6 nitrogen and oxygen atoms in total. The standard InChI is InChI=1S/C11H13N3O3/c1-13-5-10(14(16)17)11-7(8(12)6-15)3-2-4-9(11)13/h2-5,8,15H,6,12H2,1H3. The molecular formula is C11H13N3O3. The molecule has 0 saturated carbocycles. The lowest BCUT2D eigenvalue weighted by Crippen LogP contribution is -2.14. The minimum atomic E-state index is -0.611. The third kappa shape index (κ3) is 1.77. The van der Waals surface area contributed by atoms with Gasteiger partial charge in [-0.3, -0.25) is 10.1 Å². The van der Waals surface area contributed by atoms with Crippen molar-refractivity contribution >= 4 is 16.6 Å². The second-order valence-corrected chi connectivity index (χ2v) is 3.91. The summed E-state index contributed by atoms with van der Waals surface area (Å²) < 4.78 is 1.68. The number of fused-ring (bicyclic) bond motifs is 1. The number of nitrogens with zero attached hydrogens (tertiary/aromatic N) is 2. The van der Waals surface area contributed by atoms with E-state index in [9.17, 15) is 10.1 Å². The molecule has 2 aromatic rings. The van der Waals surface area contributed by atoms with Crippen LogP contribution in [0.5, 0.6) is 0 Å². The van der Waals surface area contributed by atoms with Gasteiger partial charge in [-0.15, -0.1) is 0 Å². The van der Waals surface area contributed by atoms with Gasteiger partial charge >= 0.3 is 0 Å². The highest BCUT2D eigenvalue weighted by molar-refractivity contribution is 5.93. The summed E-state index contributed by atoms with van der Waals surface area (Å²) >= 11 is 0. The van der Waals surface area contributed by atoms with E-state index in [-0.39, 0.29) is 12.3 Å².